The SMILES string of the molecule is CCC1CCCC1NCCCc1cccs1. The van der Waals surface area contributed by atoms with Crippen LogP contribution in [-0.4, -0.2) is 12.6 Å². The Labute approximate surface area is 103 Å². The molecule has 1 fully saturated rings. The summed E-state index contributed by atoms with van der Waals surface area (Å²) in [6.45, 7) is 3.52. The van der Waals surface area contributed by atoms with E-state index < -0.39 is 0 Å². The van der Waals surface area contributed by atoms with Crippen molar-refractivity contribution in [1.29, 1.82) is 0 Å². The number of rotatable bonds is 6. The fraction of sp³-hybridized carbons (Fsp3) is 0.714. The van der Waals surface area contributed by atoms with E-state index in [0.29, 0.717) is 0 Å². The molecule has 0 saturated heterocycles. The Balaban J connectivity index is 1.61. The van der Waals surface area contributed by atoms with E-state index in [9.17, 15) is 0 Å². The first-order valence-electron chi connectivity index (χ1n) is 6.66. The van der Waals surface area contributed by atoms with E-state index in [1.54, 1.807) is 0 Å². The minimum Gasteiger partial charge on any atom is -0.314 e. The van der Waals surface area contributed by atoms with Crippen LogP contribution < -0.4 is 5.32 Å². The fourth-order valence-corrected chi connectivity index (χ4v) is 3.55. The van der Waals surface area contributed by atoms with Crippen molar-refractivity contribution >= 4 is 11.3 Å². The summed E-state index contributed by atoms with van der Waals surface area (Å²) in [5.41, 5.74) is 0. The van der Waals surface area contributed by atoms with Gasteiger partial charge in [-0.2, -0.15) is 0 Å². The Morgan fingerprint density at radius 3 is 3.12 bits per heavy atom. The maximum absolute atomic E-state index is 3.75. The van der Waals surface area contributed by atoms with Gasteiger partial charge in [-0.3, -0.25) is 0 Å². The van der Waals surface area contributed by atoms with Gasteiger partial charge in [0.25, 0.3) is 0 Å². The lowest BCUT2D eigenvalue weighted by Crippen LogP contribution is -2.32. The maximum Gasteiger partial charge on any atom is 0.00952 e. The van der Waals surface area contributed by atoms with Crippen molar-refractivity contribution in [1.82, 2.24) is 5.32 Å². The van der Waals surface area contributed by atoms with E-state index >= 15 is 0 Å². The maximum atomic E-state index is 3.75. The van der Waals surface area contributed by atoms with Gasteiger partial charge in [-0.05, 0) is 49.6 Å². The lowest BCUT2D eigenvalue weighted by atomic mass is 10.0. The van der Waals surface area contributed by atoms with Crippen molar-refractivity contribution in [2.75, 3.05) is 6.54 Å². The standard InChI is InChI=1S/C14H23NS/c1-2-12-6-3-9-14(12)15-10-4-7-13-8-5-11-16-13/h5,8,11-12,14-15H,2-4,6-7,9-10H2,1H3. The molecule has 90 valence electrons. The average molecular weight is 237 g/mol. The van der Waals surface area contributed by atoms with Crippen LogP contribution in [0.4, 0.5) is 0 Å². The molecule has 1 aliphatic rings. The van der Waals surface area contributed by atoms with Gasteiger partial charge in [-0.1, -0.05) is 25.8 Å². The third-order valence-corrected chi connectivity index (χ3v) is 4.71. The molecule has 0 aromatic carbocycles. The van der Waals surface area contributed by atoms with Crippen LogP contribution >= 0.6 is 11.3 Å². The first-order valence-corrected chi connectivity index (χ1v) is 7.54. The summed E-state index contributed by atoms with van der Waals surface area (Å²) in [7, 11) is 0. The molecule has 1 saturated carbocycles. The van der Waals surface area contributed by atoms with Crippen molar-refractivity contribution in [2.45, 2.75) is 51.5 Å². The van der Waals surface area contributed by atoms with Gasteiger partial charge in [-0.25, -0.2) is 0 Å². The highest BCUT2D eigenvalue weighted by Gasteiger charge is 2.24. The molecule has 2 atom stereocenters. The fourth-order valence-electron chi connectivity index (χ4n) is 2.80. The van der Waals surface area contributed by atoms with Gasteiger partial charge < -0.3 is 5.32 Å². The highest BCUT2D eigenvalue weighted by atomic mass is 32.1. The van der Waals surface area contributed by atoms with E-state index in [-0.39, 0.29) is 0 Å². The van der Waals surface area contributed by atoms with Crippen LogP contribution in [0, 0.1) is 5.92 Å². The number of hydrogen-bond acceptors (Lipinski definition) is 2. The van der Waals surface area contributed by atoms with Gasteiger partial charge in [0, 0.05) is 10.9 Å². The summed E-state index contributed by atoms with van der Waals surface area (Å²) >= 11 is 1.88. The number of aryl methyl sites for hydroxylation is 1. The molecule has 1 aliphatic carbocycles. The second-order valence-corrected chi connectivity index (χ2v) is 5.88. The predicted octanol–water partition coefficient (Wildman–Crippen LogP) is 3.85. The molecule has 2 unspecified atom stereocenters. The highest BCUT2D eigenvalue weighted by Crippen LogP contribution is 2.27. The first kappa shape index (κ1) is 12.1. The predicted molar refractivity (Wildman–Crippen MR) is 72.1 cm³/mol. The number of nitrogens with one attached hydrogen (secondary N) is 1. The van der Waals surface area contributed by atoms with Crippen LogP contribution in [0.3, 0.4) is 0 Å². The Bertz CT molecular complexity index is 281. The van der Waals surface area contributed by atoms with Crippen molar-refractivity contribution in [3.8, 4) is 0 Å². The van der Waals surface area contributed by atoms with Crippen molar-refractivity contribution in [3.63, 3.8) is 0 Å². The largest absolute Gasteiger partial charge is 0.314 e. The monoisotopic (exact) mass is 237 g/mol. The van der Waals surface area contributed by atoms with Crippen LogP contribution in [0.15, 0.2) is 17.5 Å². The van der Waals surface area contributed by atoms with Gasteiger partial charge in [-0.15, -0.1) is 11.3 Å². The van der Waals surface area contributed by atoms with Crippen LogP contribution in [0.25, 0.3) is 0 Å². The minimum absolute atomic E-state index is 0.813. The molecule has 1 heterocycles. The molecule has 2 rings (SSSR count). The summed E-state index contributed by atoms with van der Waals surface area (Å²) in [5.74, 6) is 0.946. The second kappa shape index (κ2) is 6.41. The van der Waals surface area contributed by atoms with Gasteiger partial charge in [0.05, 0.1) is 0 Å². The minimum atomic E-state index is 0.813. The van der Waals surface area contributed by atoms with E-state index in [0.717, 1.165) is 12.0 Å². The molecule has 1 aromatic rings. The summed E-state index contributed by atoms with van der Waals surface area (Å²) < 4.78 is 0. The van der Waals surface area contributed by atoms with Crippen molar-refractivity contribution in [3.05, 3.63) is 22.4 Å². The summed E-state index contributed by atoms with van der Waals surface area (Å²) in [4.78, 5) is 1.53. The third-order valence-electron chi connectivity index (χ3n) is 3.77. The molecule has 16 heavy (non-hydrogen) atoms. The zero-order valence-electron chi connectivity index (χ0n) is 10.2. The topological polar surface area (TPSA) is 12.0 Å². The third kappa shape index (κ3) is 3.33. The van der Waals surface area contributed by atoms with E-state index in [1.165, 1.54) is 49.9 Å². The van der Waals surface area contributed by atoms with E-state index in [4.69, 9.17) is 0 Å². The molecule has 1 N–H and O–H groups in total. The van der Waals surface area contributed by atoms with Crippen LogP contribution in [0.1, 0.15) is 43.9 Å². The zero-order valence-corrected chi connectivity index (χ0v) is 11.1. The van der Waals surface area contributed by atoms with Gasteiger partial charge in [0.15, 0.2) is 0 Å². The summed E-state index contributed by atoms with van der Waals surface area (Å²) in [5, 5.41) is 5.92. The first-order chi connectivity index (χ1) is 7.90. The van der Waals surface area contributed by atoms with Crippen LogP contribution in [0.5, 0.6) is 0 Å². The number of thiophene rings is 1. The lowest BCUT2D eigenvalue weighted by molar-refractivity contribution is 0.389. The van der Waals surface area contributed by atoms with Crippen LogP contribution in [0.2, 0.25) is 0 Å². The summed E-state index contributed by atoms with van der Waals surface area (Å²) in [6.07, 6.45) is 8.15. The zero-order chi connectivity index (χ0) is 11.2. The number of hydrogen-bond donors (Lipinski definition) is 1. The molecular weight excluding hydrogens is 214 g/mol. The van der Waals surface area contributed by atoms with Gasteiger partial charge in [0.1, 0.15) is 0 Å². The quantitative estimate of drug-likeness (QED) is 0.741. The Morgan fingerprint density at radius 2 is 2.38 bits per heavy atom. The van der Waals surface area contributed by atoms with Crippen molar-refractivity contribution in [2.24, 2.45) is 5.92 Å². The molecule has 0 spiro atoms. The molecule has 1 nitrogen and oxygen atoms in total. The molecule has 0 amide bonds. The highest BCUT2D eigenvalue weighted by molar-refractivity contribution is 7.09. The molecular formula is C14H23NS. The molecule has 0 aliphatic heterocycles. The van der Waals surface area contributed by atoms with E-state index in [2.05, 4.69) is 29.8 Å². The Hall–Kier alpha value is -0.340. The molecule has 0 radical (unpaired) electrons. The molecule has 2 heteroatoms. The van der Waals surface area contributed by atoms with E-state index in [1.807, 2.05) is 11.3 Å². The van der Waals surface area contributed by atoms with Crippen molar-refractivity contribution < 1.29 is 0 Å². The van der Waals surface area contributed by atoms with Gasteiger partial charge >= 0.3 is 0 Å². The molecule has 0 bridgehead atoms. The second-order valence-electron chi connectivity index (χ2n) is 4.84. The smallest absolute Gasteiger partial charge is 0.00952 e. The normalized spacial score (nSPS) is 25.1. The van der Waals surface area contributed by atoms with Crippen LogP contribution in [-0.2, 0) is 6.42 Å². The molecule has 1 aromatic heterocycles. The van der Waals surface area contributed by atoms with Gasteiger partial charge in [0.2, 0.25) is 0 Å². The Kier molecular flexibility index (Phi) is 4.86. The Morgan fingerprint density at radius 1 is 1.44 bits per heavy atom. The average Bonchev–Trinajstić information content (AvgIpc) is 2.95. The lowest BCUT2D eigenvalue weighted by Gasteiger charge is -2.19. The summed E-state index contributed by atoms with van der Waals surface area (Å²) in [6, 6.07) is 5.21.